The van der Waals surface area contributed by atoms with E-state index in [1.54, 1.807) is 13.4 Å². The minimum atomic E-state index is -0.100. The lowest BCUT2D eigenvalue weighted by atomic mass is 10.0. The van der Waals surface area contributed by atoms with Crippen molar-refractivity contribution in [2.45, 2.75) is 19.4 Å². The minimum Gasteiger partial charge on any atom is -0.384 e. The van der Waals surface area contributed by atoms with E-state index in [4.69, 9.17) is 9.72 Å². The van der Waals surface area contributed by atoms with Gasteiger partial charge in [-0.05, 0) is 30.2 Å². The molecule has 1 amide bonds. The fourth-order valence-electron chi connectivity index (χ4n) is 3.70. The molecule has 0 fully saturated rings. The summed E-state index contributed by atoms with van der Waals surface area (Å²) < 4.78 is 6.98. The number of carbonyl (C=O) groups excluding carboxylic acids is 1. The van der Waals surface area contributed by atoms with Crippen molar-refractivity contribution in [1.29, 1.82) is 0 Å². The van der Waals surface area contributed by atoms with Crippen LogP contribution in [-0.2, 0) is 16.6 Å². The fourth-order valence-corrected chi connectivity index (χ4v) is 3.70. The summed E-state index contributed by atoms with van der Waals surface area (Å²) in [6, 6.07) is 10.2. The Bertz CT molecular complexity index is 1210. The Kier molecular flexibility index (Phi) is 5.41. The molecule has 3 N–H and O–H groups in total. The van der Waals surface area contributed by atoms with Crippen molar-refractivity contribution < 1.29 is 9.53 Å². The number of nitrogens with one attached hydrogen (secondary N) is 3. The van der Waals surface area contributed by atoms with Gasteiger partial charge in [0.05, 0.1) is 24.5 Å². The van der Waals surface area contributed by atoms with E-state index in [1.165, 1.54) is 0 Å². The molecule has 4 aromatic rings. The number of ether oxygens (including phenoxy) is 1. The largest absolute Gasteiger partial charge is 0.384 e. The zero-order valence-electron chi connectivity index (χ0n) is 17.6. The van der Waals surface area contributed by atoms with Crippen LogP contribution in [0.25, 0.3) is 33.3 Å². The van der Waals surface area contributed by atoms with Crippen LogP contribution in [0.15, 0.2) is 36.7 Å². The molecular formula is C22H26N6O2. The van der Waals surface area contributed by atoms with Crippen molar-refractivity contribution in [3.63, 3.8) is 0 Å². The fraction of sp³-hybridized carbons (Fsp3) is 0.318. The lowest BCUT2D eigenvalue weighted by molar-refractivity contribution is -0.122. The summed E-state index contributed by atoms with van der Waals surface area (Å²) in [4.78, 5) is 24.6. The van der Waals surface area contributed by atoms with Crippen molar-refractivity contribution >= 4 is 33.8 Å². The first-order valence-corrected chi connectivity index (χ1v) is 9.92. The molecule has 3 aromatic heterocycles. The molecule has 0 aliphatic heterocycles. The topological polar surface area (TPSA) is 96.9 Å². The van der Waals surface area contributed by atoms with Crippen molar-refractivity contribution in [2.24, 2.45) is 7.05 Å². The summed E-state index contributed by atoms with van der Waals surface area (Å²) in [5.41, 5.74) is 5.71. The highest BCUT2D eigenvalue weighted by molar-refractivity contribution is 6.07. The van der Waals surface area contributed by atoms with Gasteiger partial charge in [0.2, 0.25) is 5.91 Å². The van der Waals surface area contributed by atoms with Gasteiger partial charge in [-0.25, -0.2) is 9.97 Å². The number of nitrogens with zero attached hydrogens (tertiary/aromatic N) is 3. The molecule has 0 saturated heterocycles. The second-order valence-corrected chi connectivity index (χ2v) is 7.37. The van der Waals surface area contributed by atoms with E-state index in [9.17, 15) is 4.79 Å². The zero-order chi connectivity index (χ0) is 21.3. The average Bonchev–Trinajstić information content (AvgIpc) is 3.35. The molecule has 0 saturated carbocycles. The Labute approximate surface area is 174 Å². The molecule has 1 unspecified atom stereocenters. The van der Waals surface area contributed by atoms with Crippen LogP contribution in [-0.4, -0.2) is 46.2 Å². The van der Waals surface area contributed by atoms with E-state index >= 15 is 0 Å². The molecule has 8 heteroatoms. The van der Waals surface area contributed by atoms with Gasteiger partial charge in [-0.1, -0.05) is 18.2 Å². The smallest absolute Gasteiger partial charge is 0.222 e. The molecule has 156 valence electrons. The third-order valence-corrected chi connectivity index (χ3v) is 5.28. The van der Waals surface area contributed by atoms with Crippen LogP contribution in [0, 0.1) is 0 Å². The molecule has 0 aliphatic carbocycles. The van der Waals surface area contributed by atoms with Gasteiger partial charge in [-0.15, -0.1) is 0 Å². The van der Waals surface area contributed by atoms with Crippen LogP contribution < -0.4 is 10.6 Å². The summed E-state index contributed by atoms with van der Waals surface area (Å²) >= 11 is 0. The molecule has 3 heterocycles. The number of aromatic nitrogens is 4. The number of hydrogen-bond acceptors (Lipinski definition) is 5. The summed E-state index contributed by atoms with van der Waals surface area (Å²) in [6.07, 6.45) is 2.15. The number of carbonyl (C=O) groups is 1. The number of aryl methyl sites for hydroxylation is 1. The maximum atomic E-state index is 12.0. The van der Waals surface area contributed by atoms with Crippen molar-refractivity contribution in [3.05, 3.63) is 42.2 Å². The Morgan fingerprint density at radius 2 is 2.17 bits per heavy atom. The highest BCUT2D eigenvalue weighted by Crippen LogP contribution is 2.32. The average molecular weight is 406 g/mol. The van der Waals surface area contributed by atoms with Crippen LogP contribution >= 0.6 is 0 Å². The van der Waals surface area contributed by atoms with Crippen molar-refractivity contribution in [1.82, 2.24) is 24.8 Å². The molecule has 0 spiro atoms. The zero-order valence-corrected chi connectivity index (χ0v) is 17.6. The van der Waals surface area contributed by atoms with Crippen molar-refractivity contribution in [2.75, 3.05) is 26.1 Å². The Balaban J connectivity index is 1.69. The molecular weight excluding hydrogens is 380 g/mol. The monoisotopic (exact) mass is 406 g/mol. The number of H-pyrrole nitrogens is 1. The first-order valence-electron chi connectivity index (χ1n) is 9.92. The first-order chi connectivity index (χ1) is 14.5. The Hall–Kier alpha value is -3.39. The number of amides is 1. The molecule has 30 heavy (non-hydrogen) atoms. The van der Waals surface area contributed by atoms with Crippen LogP contribution in [0.1, 0.15) is 24.9 Å². The number of pyridine rings is 1. The lowest BCUT2D eigenvalue weighted by Crippen LogP contribution is -2.27. The molecule has 4 rings (SSSR count). The molecule has 1 aromatic carbocycles. The van der Waals surface area contributed by atoms with Gasteiger partial charge >= 0.3 is 0 Å². The van der Waals surface area contributed by atoms with E-state index in [2.05, 4.69) is 32.7 Å². The van der Waals surface area contributed by atoms with Gasteiger partial charge in [0.15, 0.2) is 5.82 Å². The standard InChI is InChI=1S/C22H26N6O2/c1-13(25-18(29)8-9-30-4)14-6-5-7-15(10-14)17-11-16-20-19(24-12-28(20)3)22(23-2)27-21(16)26-17/h5-7,10-13H,8-9H2,1-4H3,(H,25,29)(H2,23,26,27). The second kappa shape index (κ2) is 8.16. The van der Waals surface area contributed by atoms with E-state index in [1.807, 2.05) is 43.8 Å². The maximum Gasteiger partial charge on any atom is 0.222 e. The summed E-state index contributed by atoms with van der Waals surface area (Å²) in [7, 11) is 5.42. The summed E-state index contributed by atoms with van der Waals surface area (Å²) in [6.45, 7) is 2.40. The number of rotatable bonds is 7. The number of fused-ring (bicyclic) bond motifs is 3. The minimum absolute atomic E-state index is 0.0252. The van der Waals surface area contributed by atoms with Gasteiger partial charge in [0, 0.05) is 38.7 Å². The van der Waals surface area contributed by atoms with Gasteiger partial charge in [-0.3, -0.25) is 4.79 Å². The SMILES string of the molecule is CNc1nc2[nH]c(-c3cccc(C(C)NC(=O)CCOC)c3)cc2c2c1ncn2C. The van der Waals surface area contributed by atoms with Crippen LogP contribution in [0.3, 0.4) is 0 Å². The third-order valence-electron chi connectivity index (χ3n) is 5.28. The van der Waals surface area contributed by atoms with E-state index < -0.39 is 0 Å². The van der Waals surface area contributed by atoms with Crippen LogP contribution in [0.2, 0.25) is 0 Å². The van der Waals surface area contributed by atoms with E-state index in [0.717, 1.165) is 44.7 Å². The first kappa shape index (κ1) is 19.9. The second-order valence-electron chi connectivity index (χ2n) is 7.37. The van der Waals surface area contributed by atoms with Gasteiger partial charge in [0.1, 0.15) is 11.2 Å². The predicted octanol–water partition coefficient (Wildman–Crippen LogP) is 3.37. The van der Waals surface area contributed by atoms with Gasteiger partial charge < -0.3 is 24.9 Å². The quantitative estimate of drug-likeness (QED) is 0.437. The van der Waals surface area contributed by atoms with Gasteiger partial charge in [-0.2, -0.15) is 0 Å². The van der Waals surface area contributed by atoms with Crippen LogP contribution in [0.4, 0.5) is 5.82 Å². The highest BCUT2D eigenvalue weighted by atomic mass is 16.5. The van der Waals surface area contributed by atoms with Gasteiger partial charge in [0.25, 0.3) is 0 Å². The number of anilines is 1. The Morgan fingerprint density at radius 1 is 1.33 bits per heavy atom. The summed E-state index contributed by atoms with van der Waals surface area (Å²) in [5, 5.41) is 7.16. The lowest BCUT2D eigenvalue weighted by Gasteiger charge is -2.15. The normalized spacial score (nSPS) is 12.4. The number of hydrogen-bond donors (Lipinski definition) is 3. The van der Waals surface area contributed by atoms with Crippen molar-refractivity contribution in [3.8, 4) is 11.3 Å². The molecule has 0 aliphatic rings. The van der Waals surface area contributed by atoms with E-state index in [0.29, 0.717) is 13.0 Å². The number of benzene rings is 1. The predicted molar refractivity (Wildman–Crippen MR) is 118 cm³/mol. The van der Waals surface area contributed by atoms with E-state index in [-0.39, 0.29) is 11.9 Å². The molecule has 1 atom stereocenters. The highest BCUT2D eigenvalue weighted by Gasteiger charge is 2.16. The molecule has 8 nitrogen and oxygen atoms in total. The Morgan fingerprint density at radius 3 is 2.93 bits per heavy atom. The third kappa shape index (κ3) is 3.61. The maximum absolute atomic E-state index is 12.0. The number of imidazole rings is 1. The number of methoxy groups -OCH3 is 1. The number of aromatic amines is 1. The summed E-state index contributed by atoms with van der Waals surface area (Å²) in [5.74, 6) is 0.718. The molecule has 0 bridgehead atoms. The molecule has 0 radical (unpaired) electrons. The van der Waals surface area contributed by atoms with Crippen LogP contribution in [0.5, 0.6) is 0 Å².